The summed E-state index contributed by atoms with van der Waals surface area (Å²) in [7, 11) is 0. The highest BCUT2D eigenvalue weighted by Crippen LogP contribution is 2.36. The Bertz CT molecular complexity index is 871. The molecule has 1 aromatic heterocycles. The van der Waals surface area contributed by atoms with Gasteiger partial charge >= 0.3 is 0 Å². The number of nitrogens with zero attached hydrogens (tertiary/aromatic N) is 3. The maximum atomic E-state index is 5.42. The van der Waals surface area contributed by atoms with Crippen molar-refractivity contribution in [3.8, 4) is 0 Å². The number of rotatable bonds is 1. The molecule has 0 saturated heterocycles. The van der Waals surface area contributed by atoms with Crippen molar-refractivity contribution in [2.75, 3.05) is 5.32 Å². The molecule has 1 unspecified atom stereocenters. The summed E-state index contributed by atoms with van der Waals surface area (Å²) in [6.07, 6.45) is 3.38. The van der Waals surface area contributed by atoms with Crippen molar-refractivity contribution in [1.82, 2.24) is 4.98 Å². The molecule has 0 spiro atoms. The Kier molecular flexibility index (Phi) is 2.50. The first-order valence-electron chi connectivity index (χ1n) is 6.87. The third-order valence-electron chi connectivity index (χ3n) is 4.11. The van der Waals surface area contributed by atoms with Crippen molar-refractivity contribution in [2.24, 2.45) is 9.98 Å². The second kappa shape index (κ2) is 4.18. The molecule has 0 radical (unpaired) electrons. The largest absolute Gasteiger partial charge is 0.349 e. The number of benzene rings is 1. The summed E-state index contributed by atoms with van der Waals surface area (Å²) in [4.78, 5) is 14.4. The number of thiocarbonyl (C=S) groups is 1. The average Bonchev–Trinajstić information content (AvgIpc) is 2.98. The Balaban J connectivity index is 1.86. The summed E-state index contributed by atoms with van der Waals surface area (Å²) in [5.74, 6) is 0. The SMILES string of the molecule is CC1(C)C(=S)Nc2cc3c(cc21)=NC(c1cccnc1)N=3. The molecule has 4 rings (SSSR count). The molecule has 0 bridgehead atoms. The highest BCUT2D eigenvalue weighted by Gasteiger charge is 2.35. The number of anilines is 1. The maximum Gasteiger partial charge on any atom is 0.168 e. The van der Waals surface area contributed by atoms with Gasteiger partial charge in [-0.25, -0.2) is 0 Å². The lowest BCUT2D eigenvalue weighted by Crippen LogP contribution is -2.27. The molecule has 2 aliphatic rings. The molecule has 0 saturated carbocycles. The number of fused-ring (bicyclic) bond motifs is 2. The molecule has 0 amide bonds. The van der Waals surface area contributed by atoms with Gasteiger partial charge in [-0.05, 0) is 37.6 Å². The van der Waals surface area contributed by atoms with Gasteiger partial charge in [0, 0.05) is 29.1 Å². The molecular formula is C16H14N4S. The zero-order valence-electron chi connectivity index (χ0n) is 11.8. The predicted molar refractivity (Wildman–Crippen MR) is 85.0 cm³/mol. The van der Waals surface area contributed by atoms with E-state index in [-0.39, 0.29) is 11.6 Å². The molecule has 104 valence electrons. The maximum absolute atomic E-state index is 5.42. The molecule has 5 heteroatoms. The van der Waals surface area contributed by atoms with Crippen molar-refractivity contribution in [2.45, 2.75) is 25.4 Å². The molecule has 3 heterocycles. The van der Waals surface area contributed by atoms with Gasteiger partial charge in [-0.1, -0.05) is 18.3 Å². The number of nitrogens with one attached hydrogen (secondary N) is 1. The van der Waals surface area contributed by atoms with Crippen LogP contribution in [0.5, 0.6) is 0 Å². The molecule has 2 aromatic rings. The van der Waals surface area contributed by atoms with Crippen LogP contribution in [-0.2, 0) is 5.41 Å². The topological polar surface area (TPSA) is 49.6 Å². The molecule has 1 atom stereocenters. The number of aromatic nitrogens is 1. The first-order chi connectivity index (χ1) is 10.1. The van der Waals surface area contributed by atoms with E-state index in [9.17, 15) is 0 Å². The molecule has 1 N–H and O–H groups in total. The van der Waals surface area contributed by atoms with E-state index in [1.807, 2.05) is 24.4 Å². The number of hydrogen-bond donors (Lipinski definition) is 1. The molecule has 4 nitrogen and oxygen atoms in total. The molecule has 2 aliphatic heterocycles. The standard InChI is InChI=1S/C16H14N4S/c1-16(2)10-6-12-13(7-11(10)20-15(16)21)19-14(18-12)9-4-3-5-17-8-9/h3-8,14H,1-2H3,(H,20,21). The normalized spacial score (nSPS) is 21.0. The minimum absolute atomic E-state index is 0.151. The minimum Gasteiger partial charge on any atom is -0.349 e. The van der Waals surface area contributed by atoms with Crippen LogP contribution in [0.15, 0.2) is 46.6 Å². The van der Waals surface area contributed by atoms with Crippen LogP contribution in [0.3, 0.4) is 0 Å². The van der Waals surface area contributed by atoms with Gasteiger partial charge < -0.3 is 5.32 Å². The Morgan fingerprint density at radius 1 is 1.19 bits per heavy atom. The van der Waals surface area contributed by atoms with Crippen molar-refractivity contribution in [1.29, 1.82) is 0 Å². The van der Waals surface area contributed by atoms with Crippen molar-refractivity contribution in [3.05, 3.63) is 58.5 Å². The van der Waals surface area contributed by atoms with Crippen LogP contribution in [0, 0.1) is 0 Å². The molecular weight excluding hydrogens is 280 g/mol. The zero-order valence-corrected chi connectivity index (χ0v) is 12.6. The lowest BCUT2D eigenvalue weighted by molar-refractivity contribution is 0.744. The Labute approximate surface area is 127 Å². The van der Waals surface area contributed by atoms with Gasteiger partial charge in [-0.15, -0.1) is 0 Å². The van der Waals surface area contributed by atoms with Gasteiger partial charge in [-0.3, -0.25) is 15.0 Å². The summed E-state index contributed by atoms with van der Waals surface area (Å²) in [6.45, 7) is 4.26. The lowest BCUT2D eigenvalue weighted by atomic mass is 9.87. The van der Waals surface area contributed by atoms with Crippen molar-refractivity contribution >= 4 is 22.9 Å². The lowest BCUT2D eigenvalue weighted by Gasteiger charge is -2.17. The third kappa shape index (κ3) is 1.81. The predicted octanol–water partition coefficient (Wildman–Crippen LogP) is 2.06. The molecule has 0 fully saturated rings. The van der Waals surface area contributed by atoms with Crippen LogP contribution < -0.4 is 16.0 Å². The Hall–Kier alpha value is -2.14. The Morgan fingerprint density at radius 2 is 1.95 bits per heavy atom. The van der Waals surface area contributed by atoms with E-state index in [1.165, 1.54) is 5.56 Å². The minimum atomic E-state index is -0.189. The van der Waals surface area contributed by atoms with Gasteiger partial charge in [0.2, 0.25) is 0 Å². The van der Waals surface area contributed by atoms with E-state index in [0.29, 0.717) is 0 Å². The summed E-state index contributed by atoms with van der Waals surface area (Å²) < 4.78 is 0. The summed E-state index contributed by atoms with van der Waals surface area (Å²) in [6, 6.07) is 8.07. The van der Waals surface area contributed by atoms with Gasteiger partial charge in [0.15, 0.2) is 6.17 Å². The van der Waals surface area contributed by atoms with Gasteiger partial charge in [-0.2, -0.15) is 0 Å². The summed E-state index contributed by atoms with van der Waals surface area (Å²) in [5.41, 5.74) is 3.10. The van der Waals surface area contributed by atoms with E-state index in [1.54, 1.807) is 6.20 Å². The van der Waals surface area contributed by atoms with Gasteiger partial charge in [0.05, 0.1) is 15.7 Å². The third-order valence-corrected chi connectivity index (χ3v) is 4.72. The highest BCUT2D eigenvalue weighted by molar-refractivity contribution is 7.80. The second-order valence-electron chi connectivity index (χ2n) is 5.88. The van der Waals surface area contributed by atoms with Crippen LogP contribution in [-0.4, -0.2) is 9.97 Å². The van der Waals surface area contributed by atoms with Crippen LogP contribution in [0.4, 0.5) is 5.69 Å². The monoisotopic (exact) mass is 294 g/mol. The van der Waals surface area contributed by atoms with E-state index >= 15 is 0 Å². The first-order valence-corrected chi connectivity index (χ1v) is 7.28. The van der Waals surface area contributed by atoms with E-state index in [2.05, 4.69) is 35.2 Å². The summed E-state index contributed by atoms with van der Waals surface area (Å²) >= 11 is 5.42. The molecule has 0 aliphatic carbocycles. The van der Waals surface area contributed by atoms with Crippen LogP contribution in [0.1, 0.15) is 31.1 Å². The molecule has 21 heavy (non-hydrogen) atoms. The summed E-state index contributed by atoms with van der Waals surface area (Å²) in [5, 5.41) is 5.13. The highest BCUT2D eigenvalue weighted by atomic mass is 32.1. The van der Waals surface area contributed by atoms with Crippen molar-refractivity contribution < 1.29 is 0 Å². The van der Waals surface area contributed by atoms with Crippen LogP contribution in [0.2, 0.25) is 0 Å². The number of hydrogen-bond acceptors (Lipinski definition) is 4. The van der Waals surface area contributed by atoms with Crippen LogP contribution >= 0.6 is 12.2 Å². The molecule has 1 aromatic carbocycles. The van der Waals surface area contributed by atoms with Gasteiger partial charge in [0.25, 0.3) is 0 Å². The Morgan fingerprint density at radius 3 is 2.67 bits per heavy atom. The van der Waals surface area contributed by atoms with Crippen LogP contribution in [0.25, 0.3) is 0 Å². The van der Waals surface area contributed by atoms with E-state index in [0.717, 1.165) is 27.0 Å². The zero-order chi connectivity index (χ0) is 14.6. The fourth-order valence-corrected chi connectivity index (χ4v) is 3.00. The quantitative estimate of drug-likeness (QED) is 0.819. The average molecular weight is 294 g/mol. The first kappa shape index (κ1) is 12.6. The number of pyridine rings is 1. The fourth-order valence-electron chi connectivity index (χ4n) is 2.78. The second-order valence-corrected chi connectivity index (χ2v) is 6.29. The van der Waals surface area contributed by atoms with E-state index in [4.69, 9.17) is 17.2 Å². The van der Waals surface area contributed by atoms with Crippen molar-refractivity contribution in [3.63, 3.8) is 0 Å². The fraction of sp³-hybridized carbons (Fsp3) is 0.250. The van der Waals surface area contributed by atoms with Gasteiger partial charge in [0.1, 0.15) is 0 Å². The smallest absolute Gasteiger partial charge is 0.168 e. The van der Waals surface area contributed by atoms with E-state index < -0.39 is 0 Å².